The number of carboxylic acid groups (broad SMARTS) is 1. The van der Waals surface area contributed by atoms with E-state index in [0.29, 0.717) is 6.42 Å². The van der Waals surface area contributed by atoms with Crippen LogP contribution in [0.25, 0.3) is 0 Å². The minimum Gasteiger partial charge on any atom is -0.481 e. The second kappa shape index (κ2) is 4.82. The topological polar surface area (TPSA) is 101 Å². The Labute approximate surface area is 93.9 Å². The van der Waals surface area contributed by atoms with Crippen LogP contribution in [0.1, 0.15) is 19.8 Å². The van der Waals surface area contributed by atoms with E-state index < -0.39 is 33.7 Å². The maximum Gasteiger partial charge on any atom is 0.316 e. The van der Waals surface area contributed by atoms with Gasteiger partial charge in [-0.05, 0) is 12.8 Å². The number of carboxylic acids is 1. The Morgan fingerprint density at radius 2 is 2.12 bits per heavy atom. The van der Waals surface area contributed by atoms with Gasteiger partial charge < -0.3 is 10.4 Å². The molecule has 1 fully saturated rings. The maximum atomic E-state index is 11.5. The molecular weight excluding hydrogens is 234 g/mol. The van der Waals surface area contributed by atoms with Gasteiger partial charge in [0.1, 0.15) is 5.92 Å². The Morgan fingerprint density at radius 3 is 2.50 bits per heavy atom. The van der Waals surface area contributed by atoms with E-state index in [-0.39, 0.29) is 17.9 Å². The van der Waals surface area contributed by atoms with Gasteiger partial charge in [0, 0.05) is 6.04 Å². The first-order valence-corrected chi connectivity index (χ1v) is 6.91. The Balaban J connectivity index is 2.55. The Hall–Kier alpha value is -1.11. The Morgan fingerprint density at radius 1 is 1.50 bits per heavy atom. The van der Waals surface area contributed by atoms with E-state index in [0.717, 1.165) is 0 Å². The molecule has 1 heterocycles. The number of aliphatic carboxylic acids is 1. The highest BCUT2D eigenvalue weighted by Gasteiger charge is 2.32. The smallest absolute Gasteiger partial charge is 0.316 e. The average molecular weight is 249 g/mol. The van der Waals surface area contributed by atoms with Gasteiger partial charge in [-0.25, -0.2) is 8.42 Å². The molecule has 1 rings (SSSR count). The van der Waals surface area contributed by atoms with Gasteiger partial charge in [-0.2, -0.15) is 0 Å². The van der Waals surface area contributed by atoms with Crippen LogP contribution in [-0.2, 0) is 19.4 Å². The number of nitrogens with one attached hydrogen (secondary N) is 1. The first-order valence-electron chi connectivity index (χ1n) is 5.09. The molecule has 1 amide bonds. The highest BCUT2D eigenvalue weighted by molar-refractivity contribution is 7.91. The van der Waals surface area contributed by atoms with E-state index in [2.05, 4.69) is 5.32 Å². The summed E-state index contributed by atoms with van der Waals surface area (Å²) in [7, 11) is -3.06. The van der Waals surface area contributed by atoms with Crippen molar-refractivity contribution in [2.75, 3.05) is 11.5 Å². The van der Waals surface area contributed by atoms with Crippen LogP contribution in [0.2, 0.25) is 0 Å². The van der Waals surface area contributed by atoms with E-state index >= 15 is 0 Å². The fraction of sp³-hybridized carbons (Fsp3) is 0.778. The van der Waals surface area contributed by atoms with Crippen LogP contribution in [0.5, 0.6) is 0 Å². The number of sulfone groups is 1. The SMILES string of the molecule is CCC(C(=O)O)C(=O)NC1CCS(=O)(=O)C1. The molecule has 0 spiro atoms. The molecule has 0 saturated carbocycles. The summed E-state index contributed by atoms with van der Waals surface area (Å²) in [5.41, 5.74) is 0. The van der Waals surface area contributed by atoms with Crippen molar-refractivity contribution < 1.29 is 23.1 Å². The van der Waals surface area contributed by atoms with Crippen LogP contribution >= 0.6 is 0 Å². The number of carbonyl (C=O) groups excluding carboxylic acids is 1. The van der Waals surface area contributed by atoms with Crippen molar-refractivity contribution in [2.24, 2.45) is 5.92 Å². The number of carbonyl (C=O) groups is 2. The number of rotatable bonds is 4. The van der Waals surface area contributed by atoms with Crippen molar-refractivity contribution >= 4 is 21.7 Å². The zero-order chi connectivity index (χ0) is 12.3. The van der Waals surface area contributed by atoms with Crippen LogP contribution in [0, 0.1) is 5.92 Å². The van der Waals surface area contributed by atoms with Crippen molar-refractivity contribution in [1.82, 2.24) is 5.32 Å². The minimum atomic E-state index is -3.06. The Kier molecular flexibility index (Phi) is 3.90. The zero-order valence-electron chi connectivity index (χ0n) is 8.97. The van der Waals surface area contributed by atoms with Gasteiger partial charge >= 0.3 is 5.97 Å². The molecule has 7 heteroatoms. The van der Waals surface area contributed by atoms with Gasteiger partial charge in [-0.15, -0.1) is 0 Å². The van der Waals surface area contributed by atoms with Crippen molar-refractivity contribution in [1.29, 1.82) is 0 Å². The lowest BCUT2D eigenvalue weighted by molar-refractivity contribution is -0.147. The molecule has 0 aromatic carbocycles. The van der Waals surface area contributed by atoms with Crippen molar-refractivity contribution in [3.8, 4) is 0 Å². The molecule has 92 valence electrons. The number of hydrogen-bond acceptors (Lipinski definition) is 4. The van der Waals surface area contributed by atoms with Crippen molar-refractivity contribution in [3.63, 3.8) is 0 Å². The maximum absolute atomic E-state index is 11.5. The van der Waals surface area contributed by atoms with Gasteiger partial charge in [-0.3, -0.25) is 9.59 Å². The summed E-state index contributed by atoms with van der Waals surface area (Å²) in [6.07, 6.45) is 0.560. The molecule has 0 aromatic heterocycles. The number of amides is 1. The van der Waals surface area contributed by atoms with Gasteiger partial charge in [0.05, 0.1) is 11.5 Å². The van der Waals surface area contributed by atoms with E-state index in [9.17, 15) is 18.0 Å². The molecule has 2 unspecified atom stereocenters. The van der Waals surface area contributed by atoms with E-state index in [1.165, 1.54) is 0 Å². The molecule has 1 aliphatic rings. The van der Waals surface area contributed by atoms with Crippen LogP contribution in [0.15, 0.2) is 0 Å². The van der Waals surface area contributed by atoms with Gasteiger partial charge in [0.25, 0.3) is 0 Å². The fourth-order valence-electron chi connectivity index (χ4n) is 1.68. The quantitative estimate of drug-likeness (QED) is 0.648. The largest absolute Gasteiger partial charge is 0.481 e. The molecule has 16 heavy (non-hydrogen) atoms. The first-order chi connectivity index (χ1) is 7.35. The van der Waals surface area contributed by atoms with Gasteiger partial charge in [0.2, 0.25) is 5.91 Å². The molecule has 0 aliphatic carbocycles. The third-order valence-corrected chi connectivity index (χ3v) is 4.37. The van der Waals surface area contributed by atoms with Crippen LogP contribution in [0.4, 0.5) is 0 Å². The molecule has 2 atom stereocenters. The summed E-state index contributed by atoms with van der Waals surface area (Å²) in [5, 5.41) is 11.2. The average Bonchev–Trinajstić information content (AvgIpc) is 2.45. The normalized spacial score (nSPS) is 24.9. The molecule has 0 aromatic rings. The highest BCUT2D eigenvalue weighted by Crippen LogP contribution is 2.12. The predicted octanol–water partition coefficient (Wildman–Crippen LogP) is -0.599. The van der Waals surface area contributed by atoms with E-state index in [1.54, 1.807) is 6.92 Å². The molecule has 0 bridgehead atoms. The van der Waals surface area contributed by atoms with Crippen LogP contribution < -0.4 is 5.32 Å². The Bertz CT molecular complexity index is 389. The number of hydrogen-bond donors (Lipinski definition) is 2. The molecule has 1 aliphatic heterocycles. The standard InChI is InChI=1S/C9H15NO5S/c1-2-7(9(12)13)8(11)10-6-3-4-16(14,15)5-6/h6-7H,2-5H2,1H3,(H,10,11)(H,12,13). The van der Waals surface area contributed by atoms with E-state index in [1.807, 2.05) is 0 Å². The summed E-state index contributed by atoms with van der Waals surface area (Å²) in [4.78, 5) is 22.2. The lowest BCUT2D eigenvalue weighted by Crippen LogP contribution is -2.41. The lowest BCUT2D eigenvalue weighted by Gasteiger charge is -2.14. The van der Waals surface area contributed by atoms with Crippen LogP contribution in [-0.4, -0.2) is 42.9 Å². The van der Waals surface area contributed by atoms with E-state index in [4.69, 9.17) is 5.11 Å². The predicted molar refractivity (Wildman–Crippen MR) is 56.6 cm³/mol. The lowest BCUT2D eigenvalue weighted by atomic mass is 10.1. The summed E-state index contributed by atoms with van der Waals surface area (Å²) in [6, 6.07) is -0.439. The monoisotopic (exact) mass is 249 g/mol. The van der Waals surface area contributed by atoms with Gasteiger partial charge in [-0.1, -0.05) is 6.92 Å². The molecule has 2 N–H and O–H groups in total. The summed E-state index contributed by atoms with van der Waals surface area (Å²) >= 11 is 0. The molecule has 0 radical (unpaired) electrons. The first kappa shape index (κ1) is 13.0. The van der Waals surface area contributed by atoms with Crippen molar-refractivity contribution in [3.05, 3.63) is 0 Å². The van der Waals surface area contributed by atoms with Crippen molar-refractivity contribution in [2.45, 2.75) is 25.8 Å². The summed E-state index contributed by atoms with van der Waals surface area (Å²) < 4.78 is 22.3. The van der Waals surface area contributed by atoms with Crippen LogP contribution in [0.3, 0.4) is 0 Å². The third kappa shape index (κ3) is 3.19. The third-order valence-electron chi connectivity index (χ3n) is 2.60. The zero-order valence-corrected chi connectivity index (χ0v) is 9.79. The molecule has 1 saturated heterocycles. The second-order valence-electron chi connectivity index (χ2n) is 3.91. The molecule has 6 nitrogen and oxygen atoms in total. The highest BCUT2D eigenvalue weighted by atomic mass is 32.2. The summed E-state index contributed by atoms with van der Waals surface area (Å²) in [6.45, 7) is 1.60. The second-order valence-corrected chi connectivity index (χ2v) is 6.14. The fourth-order valence-corrected chi connectivity index (χ4v) is 3.36. The molecular formula is C9H15NO5S. The minimum absolute atomic E-state index is 0.0574. The van der Waals surface area contributed by atoms with Gasteiger partial charge in [0.15, 0.2) is 9.84 Å². The summed E-state index contributed by atoms with van der Waals surface area (Å²) in [5.74, 6) is -2.90.